The molecule has 2 heterocycles. The van der Waals surface area contributed by atoms with Crippen LogP contribution in [0.5, 0.6) is 0 Å². The molecule has 2 aliphatic heterocycles. The molecule has 0 aromatic heterocycles. The van der Waals surface area contributed by atoms with Crippen LogP contribution in [-0.2, 0) is 9.47 Å². The van der Waals surface area contributed by atoms with E-state index in [1.807, 2.05) is 0 Å². The summed E-state index contributed by atoms with van der Waals surface area (Å²) in [5, 5.41) is 0. The Morgan fingerprint density at radius 2 is 1.33 bits per heavy atom. The van der Waals surface area contributed by atoms with Gasteiger partial charge in [0.15, 0.2) is 0 Å². The van der Waals surface area contributed by atoms with E-state index in [2.05, 4.69) is 0 Å². The van der Waals surface area contributed by atoms with Crippen LogP contribution in [0.25, 0.3) is 0 Å². The van der Waals surface area contributed by atoms with Gasteiger partial charge in [-0.15, -0.1) is 0 Å². The van der Waals surface area contributed by atoms with Gasteiger partial charge in [0.05, 0.1) is 12.2 Å². The van der Waals surface area contributed by atoms with Crippen LogP contribution in [0.2, 0.25) is 0 Å². The lowest BCUT2D eigenvalue weighted by Crippen LogP contribution is -2.23. The molecule has 0 bridgehead atoms. The molecular formula is C19H34O2. The first-order valence-corrected chi connectivity index (χ1v) is 9.60. The van der Waals surface area contributed by atoms with E-state index in [0.29, 0.717) is 5.60 Å². The Kier molecular flexibility index (Phi) is 5.99. The molecule has 0 N–H and O–H groups in total. The minimum Gasteiger partial charge on any atom is -0.381 e. The summed E-state index contributed by atoms with van der Waals surface area (Å²) in [5.41, 5.74) is 0.317. The van der Waals surface area contributed by atoms with Crippen molar-refractivity contribution >= 4 is 0 Å². The van der Waals surface area contributed by atoms with Crippen LogP contribution < -0.4 is 0 Å². The predicted molar refractivity (Wildman–Crippen MR) is 86.5 cm³/mol. The topological polar surface area (TPSA) is 18.5 Å². The Bertz CT molecular complexity index is 284. The Hall–Kier alpha value is -0.0800. The molecule has 122 valence electrons. The third-order valence-electron chi connectivity index (χ3n) is 6.15. The summed E-state index contributed by atoms with van der Waals surface area (Å²) in [5.74, 6) is 1.77. The number of hydrogen-bond donors (Lipinski definition) is 0. The lowest BCUT2D eigenvalue weighted by molar-refractivity contribution is 0.00851. The number of hydrogen-bond acceptors (Lipinski definition) is 2. The minimum absolute atomic E-state index is 0.317. The van der Waals surface area contributed by atoms with Crippen LogP contribution in [0.3, 0.4) is 0 Å². The molecule has 3 aliphatic rings. The van der Waals surface area contributed by atoms with E-state index in [-0.39, 0.29) is 0 Å². The van der Waals surface area contributed by atoms with E-state index in [0.717, 1.165) is 31.7 Å². The van der Waals surface area contributed by atoms with Crippen LogP contribution in [0, 0.1) is 11.8 Å². The van der Waals surface area contributed by atoms with E-state index >= 15 is 0 Å². The molecule has 1 aliphatic carbocycles. The average molecular weight is 294 g/mol. The van der Waals surface area contributed by atoms with Gasteiger partial charge in [-0.1, -0.05) is 51.4 Å². The quantitative estimate of drug-likeness (QED) is 0.669. The van der Waals surface area contributed by atoms with Crippen LogP contribution >= 0.6 is 0 Å². The van der Waals surface area contributed by atoms with Gasteiger partial charge in [0.2, 0.25) is 0 Å². The Morgan fingerprint density at radius 1 is 0.667 bits per heavy atom. The maximum Gasteiger partial charge on any atom is 0.0686 e. The molecule has 0 amide bonds. The summed E-state index contributed by atoms with van der Waals surface area (Å²) in [4.78, 5) is 0. The second-order valence-electron chi connectivity index (χ2n) is 7.74. The molecule has 0 aromatic rings. The second kappa shape index (κ2) is 7.97. The van der Waals surface area contributed by atoms with Gasteiger partial charge in [-0.3, -0.25) is 0 Å². The Labute approximate surface area is 131 Å². The fraction of sp³-hybridized carbons (Fsp3) is 1.00. The van der Waals surface area contributed by atoms with Crippen molar-refractivity contribution in [2.75, 3.05) is 19.8 Å². The maximum atomic E-state index is 6.32. The van der Waals surface area contributed by atoms with Gasteiger partial charge in [-0.2, -0.15) is 0 Å². The van der Waals surface area contributed by atoms with Crippen molar-refractivity contribution < 1.29 is 9.47 Å². The minimum atomic E-state index is 0.317. The lowest BCUT2D eigenvalue weighted by atomic mass is 9.79. The second-order valence-corrected chi connectivity index (χ2v) is 7.74. The molecule has 2 heteroatoms. The zero-order chi connectivity index (χ0) is 14.4. The summed E-state index contributed by atoms with van der Waals surface area (Å²) < 4.78 is 12.0. The first-order valence-electron chi connectivity index (χ1n) is 9.60. The summed E-state index contributed by atoms with van der Waals surface area (Å²) in [6, 6.07) is 0. The largest absolute Gasteiger partial charge is 0.381 e. The third kappa shape index (κ3) is 4.45. The summed E-state index contributed by atoms with van der Waals surface area (Å²) in [6.07, 6.45) is 17.8. The van der Waals surface area contributed by atoms with Gasteiger partial charge >= 0.3 is 0 Å². The summed E-state index contributed by atoms with van der Waals surface area (Å²) >= 11 is 0. The van der Waals surface area contributed by atoms with Crippen LogP contribution in [0.15, 0.2) is 0 Å². The van der Waals surface area contributed by atoms with Crippen molar-refractivity contribution in [3.8, 4) is 0 Å². The van der Waals surface area contributed by atoms with E-state index in [1.54, 1.807) is 0 Å². The van der Waals surface area contributed by atoms with Gasteiger partial charge in [-0.05, 0) is 43.9 Å². The van der Waals surface area contributed by atoms with Crippen LogP contribution in [0.4, 0.5) is 0 Å². The molecule has 1 spiro atoms. The molecule has 0 radical (unpaired) electrons. The van der Waals surface area contributed by atoms with Crippen molar-refractivity contribution in [1.82, 2.24) is 0 Å². The van der Waals surface area contributed by atoms with Crippen LogP contribution in [0.1, 0.15) is 83.5 Å². The zero-order valence-electron chi connectivity index (χ0n) is 13.8. The summed E-state index contributed by atoms with van der Waals surface area (Å²) in [7, 11) is 0. The predicted octanol–water partition coefficient (Wildman–Crippen LogP) is 5.10. The molecule has 2 saturated heterocycles. The van der Waals surface area contributed by atoms with E-state index in [4.69, 9.17) is 9.47 Å². The fourth-order valence-corrected chi connectivity index (χ4v) is 4.84. The van der Waals surface area contributed by atoms with Gasteiger partial charge in [0, 0.05) is 13.2 Å². The van der Waals surface area contributed by atoms with Crippen molar-refractivity contribution in [3.63, 3.8) is 0 Å². The van der Waals surface area contributed by atoms with Gasteiger partial charge in [-0.25, -0.2) is 0 Å². The molecule has 21 heavy (non-hydrogen) atoms. The zero-order valence-corrected chi connectivity index (χ0v) is 13.8. The number of ether oxygens (including phenoxy) is 2. The van der Waals surface area contributed by atoms with Crippen molar-refractivity contribution in [1.29, 1.82) is 0 Å². The van der Waals surface area contributed by atoms with Gasteiger partial charge < -0.3 is 9.47 Å². The Balaban J connectivity index is 1.51. The Morgan fingerprint density at radius 3 is 2.14 bits per heavy atom. The molecule has 1 saturated carbocycles. The van der Waals surface area contributed by atoms with Gasteiger partial charge in [0.1, 0.15) is 0 Å². The maximum absolute atomic E-state index is 6.32. The summed E-state index contributed by atoms with van der Waals surface area (Å²) in [6.45, 7) is 3.03. The highest BCUT2D eigenvalue weighted by Crippen LogP contribution is 2.46. The molecule has 2 atom stereocenters. The number of rotatable bonds is 1. The molecular weight excluding hydrogens is 260 g/mol. The normalized spacial score (nSPS) is 35.4. The highest BCUT2D eigenvalue weighted by Gasteiger charge is 2.44. The molecule has 3 fully saturated rings. The monoisotopic (exact) mass is 294 g/mol. The SMILES string of the molecule is C1CCCC(C2COC3(CCCC3)C2)CCCCOCC1. The first kappa shape index (κ1) is 15.8. The molecule has 3 rings (SSSR count). The van der Waals surface area contributed by atoms with E-state index < -0.39 is 0 Å². The van der Waals surface area contributed by atoms with Crippen molar-refractivity contribution in [3.05, 3.63) is 0 Å². The molecule has 0 aromatic carbocycles. The lowest BCUT2D eigenvalue weighted by Gasteiger charge is -2.25. The van der Waals surface area contributed by atoms with Crippen molar-refractivity contribution in [2.24, 2.45) is 11.8 Å². The first-order chi connectivity index (χ1) is 10.4. The third-order valence-corrected chi connectivity index (χ3v) is 6.15. The smallest absolute Gasteiger partial charge is 0.0686 e. The van der Waals surface area contributed by atoms with Crippen molar-refractivity contribution in [2.45, 2.75) is 89.1 Å². The highest BCUT2D eigenvalue weighted by atomic mass is 16.5. The van der Waals surface area contributed by atoms with E-state index in [1.165, 1.54) is 83.5 Å². The van der Waals surface area contributed by atoms with E-state index in [9.17, 15) is 0 Å². The fourth-order valence-electron chi connectivity index (χ4n) is 4.84. The molecule has 2 nitrogen and oxygen atoms in total. The van der Waals surface area contributed by atoms with Crippen LogP contribution in [-0.4, -0.2) is 25.4 Å². The standard InChI is InChI=1S/C19H34O2/c1-2-7-13-20-14-8-4-10-17(9-3-1)18-15-19(21-16-18)11-5-6-12-19/h17-18H,1-16H2. The molecule has 2 unspecified atom stereocenters. The van der Waals surface area contributed by atoms with Gasteiger partial charge in [0.25, 0.3) is 0 Å². The average Bonchev–Trinajstić information content (AvgIpc) is 3.10. The highest BCUT2D eigenvalue weighted by molar-refractivity contribution is 4.94.